The summed E-state index contributed by atoms with van der Waals surface area (Å²) in [6, 6.07) is 25.8. The molecule has 1 N–H and O–H groups in total. The quantitative estimate of drug-likeness (QED) is 0.418. The Bertz CT molecular complexity index is 841. The number of carbonyl (C=O) groups excluding carboxylic acids is 1. The molecule has 0 spiro atoms. The fraction of sp³-hybridized carbons (Fsp3) is 0.208. The summed E-state index contributed by atoms with van der Waals surface area (Å²) in [6.45, 7) is 3.10. The Morgan fingerprint density at radius 1 is 0.846 bits per heavy atom. The predicted octanol–water partition coefficient (Wildman–Crippen LogP) is 5.72. The maximum Gasteiger partial charge on any atom is 0.193 e. The average molecular weight is 343 g/mol. The van der Waals surface area contributed by atoms with Gasteiger partial charge in [0.2, 0.25) is 0 Å². The number of hydrogen-bond donors (Lipinski definition) is 1. The molecule has 0 unspecified atom stereocenters. The molecule has 2 nitrogen and oxygen atoms in total. The second kappa shape index (κ2) is 9.00. The highest BCUT2D eigenvalue weighted by Gasteiger charge is 2.16. The minimum Gasteiger partial charge on any atom is -0.385 e. The molecule has 3 rings (SSSR count). The first kappa shape index (κ1) is 17.9. The smallest absolute Gasteiger partial charge is 0.193 e. The number of carbonyl (C=O) groups is 1. The zero-order valence-electron chi connectivity index (χ0n) is 15.2. The standard InChI is InChI=1S/C24H25NO/c1-2-3-17-25-23-16-10-15-21(24(26)20-13-8-5-9-14-20)22(23)18-19-11-6-4-7-12-19/h4-16,25H,2-3,17-18H2,1H3. The van der Waals surface area contributed by atoms with Crippen LogP contribution in [0, 0.1) is 0 Å². The monoisotopic (exact) mass is 343 g/mol. The van der Waals surface area contributed by atoms with E-state index in [1.165, 1.54) is 5.56 Å². The van der Waals surface area contributed by atoms with Crippen molar-refractivity contribution in [3.63, 3.8) is 0 Å². The molecule has 26 heavy (non-hydrogen) atoms. The molecule has 0 aliphatic carbocycles. The maximum atomic E-state index is 13.1. The van der Waals surface area contributed by atoms with Gasteiger partial charge in [0.15, 0.2) is 5.78 Å². The molecular formula is C24H25NO. The van der Waals surface area contributed by atoms with Crippen molar-refractivity contribution in [2.75, 3.05) is 11.9 Å². The third-order valence-electron chi connectivity index (χ3n) is 4.53. The van der Waals surface area contributed by atoms with Crippen molar-refractivity contribution in [2.45, 2.75) is 26.2 Å². The van der Waals surface area contributed by atoms with Crippen molar-refractivity contribution in [3.05, 3.63) is 101 Å². The summed E-state index contributed by atoms with van der Waals surface area (Å²) < 4.78 is 0. The molecule has 3 aromatic carbocycles. The highest BCUT2D eigenvalue weighted by molar-refractivity contribution is 6.10. The molecule has 0 heterocycles. The Balaban J connectivity index is 1.99. The fourth-order valence-corrected chi connectivity index (χ4v) is 3.10. The van der Waals surface area contributed by atoms with Gasteiger partial charge in [0.05, 0.1) is 0 Å². The largest absolute Gasteiger partial charge is 0.385 e. The van der Waals surface area contributed by atoms with Crippen molar-refractivity contribution in [3.8, 4) is 0 Å². The number of anilines is 1. The van der Waals surface area contributed by atoms with Gasteiger partial charge in [0, 0.05) is 29.8 Å². The number of ketones is 1. The van der Waals surface area contributed by atoms with E-state index in [4.69, 9.17) is 0 Å². The number of rotatable bonds is 8. The van der Waals surface area contributed by atoms with Crippen molar-refractivity contribution in [1.29, 1.82) is 0 Å². The Morgan fingerprint density at radius 3 is 2.23 bits per heavy atom. The molecule has 0 saturated heterocycles. The van der Waals surface area contributed by atoms with E-state index in [1.807, 2.05) is 60.7 Å². The third-order valence-corrected chi connectivity index (χ3v) is 4.53. The molecule has 0 radical (unpaired) electrons. The van der Waals surface area contributed by atoms with Crippen LogP contribution in [-0.2, 0) is 6.42 Å². The van der Waals surface area contributed by atoms with Crippen LogP contribution in [-0.4, -0.2) is 12.3 Å². The predicted molar refractivity (Wildman–Crippen MR) is 109 cm³/mol. The Morgan fingerprint density at radius 2 is 1.54 bits per heavy atom. The molecule has 0 saturated carbocycles. The number of benzene rings is 3. The highest BCUT2D eigenvalue weighted by Crippen LogP contribution is 2.26. The first-order valence-corrected chi connectivity index (χ1v) is 9.29. The molecule has 0 atom stereocenters. The molecule has 3 aromatic rings. The molecule has 0 aliphatic heterocycles. The Kier molecular flexibility index (Phi) is 6.21. The van der Waals surface area contributed by atoms with Crippen molar-refractivity contribution < 1.29 is 4.79 Å². The van der Waals surface area contributed by atoms with Gasteiger partial charge in [0.25, 0.3) is 0 Å². The summed E-state index contributed by atoms with van der Waals surface area (Å²) in [6.07, 6.45) is 3.00. The second-order valence-electron chi connectivity index (χ2n) is 6.47. The lowest BCUT2D eigenvalue weighted by Crippen LogP contribution is -2.11. The normalized spacial score (nSPS) is 10.5. The van der Waals surface area contributed by atoms with Gasteiger partial charge in [-0.1, -0.05) is 86.1 Å². The van der Waals surface area contributed by atoms with Crippen LogP contribution in [0.1, 0.15) is 46.8 Å². The van der Waals surface area contributed by atoms with E-state index in [9.17, 15) is 4.79 Å². The summed E-state index contributed by atoms with van der Waals surface area (Å²) in [4.78, 5) is 13.1. The molecular weight excluding hydrogens is 318 g/mol. The van der Waals surface area contributed by atoms with E-state index in [2.05, 4.69) is 30.4 Å². The summed E-state index contributed by atoms with van der Waals surface area (Å²) in [5.74, 6) is 0.0793. The number of unbranched alkanes of at least 4 members (excludes halogenated alkanes) is 1. The summed E-state index contributed by atoms with van der Waals surface area (Å²) in [5.41, 5.74) is 4.85. The number of nitrogens with one attached hydrogen (secondary N) is 1. The van der Waals surface area contributed by atoms with Gasteiger partial charge >= 0.3 is 0 Å². The van der Waals surface area contributed by atoms with Crippen LogP contribution < -0.4 is 5.32 Å². The highest BCUT2D eigenvalue weighted by atomic mass is 16.1. The van der Waals surface area contributed by atoms with Crippen LogP contribution >= 0.6 is 0 Å². The van der Waals surface area contributed by atoms with Crippen LogP contribution in [0.4, 0.5) is 5.69 Å². The van der Waals surface area contributed by atoms with E-state index in [0.717, 1.165) is 48.2 Å². The first-order chi connectivity index (χ1) is 12.8. The molecule has 0 fully saturated rings. The van der Waals surface area contributed by atoms with Gasteiger partial charge in [-0.05, 0) is 23.6 Å². The average Bonchev–Trinajstić information content (AvgIpc) is 2.70. The Labute approximate surface area is 155 Å². The summed E-state index contributed by atoms with van der Waals surface area (Å²) >= 11 is 0. The van der Waals surface area contributed by atoms with Gasteiger partial charge in [0.1, 0.15) is 0 Å². The van der Waals surface area contributed by atoms with Crippen molar-refractivity contribution >= 4 is 11.5 Å². The van der Waals surface area contributed by atoms with Crippen LogP contribution in [0.5, 0.6) is 0 Å². The van der Waals surface area contributed by atoms with Crippen molar-refractivity contribution in [2.24, 2.45) is 0 Å². The molecule has 0 bridgehead atoms. The minimum absolute atomic E-state index is 0.0793. The Hall–Kier alpha value is -2.87. The van der Waals surface area contributed by atoms with E-state index in [0.29, 0.717) is 0 Å². The zero-order valence-corrected chi connectivity index (χ0v) is 15.2. The third kappa shape index (κ3) is 4.40. The van der Waals surface area contributed by atoms with Crippen LogP contribution in [0.25, 0.3) is 0 Å². The zero-order chi connectivity index (χ0) is 18.2. The summed E-state index contributed by atoms with van der Waals surface area (Å²) in [7, 11) is 0. The lowest BCUT2D eigenvalue weighted by molar-refractivity contribution is 0.103. The van der Waals surface area contributed by atoms with Crippen LogP contribution in [0.3, 0.4) is 0 Å². The van der Waals surface area contributed by atoms with Crippen molar-refractivity contribution in [1.82, 2.24) is 0 Å². The van der Waals surface area contributed by atoms with Gasteiger partial charge in [-0.15, -0.1) is 0 Å². The van der Waals surface area contributed by atoms with Gasteiger partial charge in [-0.25, -0.2) is 0 Å². The first-order valence-electron chi connectivity index (χ1n) is 9.29. The van der Waals surface area contributed by atoms with E-state index in [-0.39, 0.29) is 5.78 Å². The fourth-order valence-electron chi connectivity index (χ4n) is 3.10. The van der Waals surface area contributed by atoms with Gasteiger partial charge in [-0.2, -0.15) is 0 Å². The van der Waals surface area contributed by atoms with Gasteiger partial charge in [-0.3, -0.25) is 4.79 Å². The lowest BCUT2D eigenvalue weighted by atomic mass is 9.92. The number of hydrogen-bond acceptors (Lipinski definition) is 2. The van der Waals surface area contributed by atoms with E-state index < -0.39 is 0 Å². The molecule has 0 aliphatic rings. The minimum atomic E-state index is 0.0793. The van der Waals surface area contributed by atoms with Crippen LogP contribution in [0.15, 0.2) is 78.9 Å². The molecule has 2 heteroatoms. The molecule has 0 amide bonds. The molecule has 132 valence electrons. The van der Waals surface area contributed by atoms with E-state index in [1.54, 1.807) is 0 Å². The topological polar surface area (TPSA) is 29.1 Å². The summed E-state index contributed by atoms with van der Waals surface area (Å²) in [5, 5.41) is 3.53. The van der Waals surface area contributed by atoms with Crippen LogP contribution in [0.2, 0.25) is 0 Å². The maximum absolute atomic E-state index is 13.1. The van der Waals surface area contributed by atoms with Gasteiger partial charge < -0.3 is 5.32 Å². The lowest BCUT2D eigenvalue weighted by Gasteiger charge is -2.16. The SMILES string of the molecule is CCCCNc1cccc(C(=O)c2ccccc2)c1Cc1ccccc1. The second-order valence-corrected chi connectivity index (χ2v) is 6.47. The van der Waals surface area contributed by atoms with E-state index >= 15 is 0 Å². The molecule has 0 aromatic heterocycles.